The van der Waals surface area contributed by atoms with Gasteiger partial charge in [0.1, 0.15) is 12.3 Å². The van der Waals surface area contributed by atoms with Crippen LogP contribution in [0.15, 0.2) is 18.3 Å². The van der Waals surface area contributed by atoms with Crippen LogP contribution in [-0.2, 0) is 16.1 Å². The van der Waals surface area contributed by atoms with E-state index in [-0.39, 0.29) is 12.5 Å². The fraction of sp³-hybridized carbons (Fsp3) is 0.400. The lowest BCUT2D eigenvalue weighted by atomic mass is 10.2. The number of amides is 2. The number of nitrogens with one attached hydrogen (secondary N) is 1. The Morgan fingerprint density at radius 2 is 2.12 bits per heavy atom. The quantitative estimate of drug-likeness (QED) is 0.864. The molecule has 1 saturated heterocycles. The van der Waals surface area contributed by atoms with Crippen molar-refractivity contribution in [2.75, 3.05) is 38.7 Å². The summed E-state index contributed by atoms with van der Waals surface area (Å²) in [6, 6.07) is 3.27. The zero-order valence-electron chi connectivity index (χ0n) is 13.2. The first-order valence-corrected chi connectivity index (χ1v) is 7.47. The van der Waals surface area contributed by atoms with Gasteiger partial charge in [-0.15, -0.1) is 0 Å². The number of methoxy groups -OCH3 is 1. The smallest absolute Gasteiger partial charge is 0.409 e. The van der Waals surface area contributed by atoms with Gasteiger partial charge < -0.3 is 19.5 Å². The maximum atomic E-state index is 12.3. The summed E-state index contributed by atoms with van der Waals surface area (Å²) in [5, 5.41) is 16.2. The van der Waals surface area contributed by atoms with Crippen LogP contribution in [0.5, 0.6) is 5.75 Å². The molecule has 2 amide bonds. The van der Waals surface area contributed by atoms with E-state index in [0.29, 0.717) is 48.6 Å². The third-order valence-electron chi connectivity index (χ3n) is 3.78. The van der Waals surface area contributed by atoms with Gasteiger partial charge in [0.25, 0.3) is 0 Å². The van der Waals surface area contributed by atoms with Crippen molar-refractivity contribution in [1.29, 1.82) is 0 Å². The van der Waals surface area contributed by atoms with Gasteiger partial charge in [0.15, 0.2) is 0 Å². The standard InChI is InChI=1S/C15H18N4O5/c1-23-13-7-11-10(6-12(13)16-15(21)22)8-19(17-11)9-14(20)18-2-4-24-5-3-18/h6-8,16H,2-5,9H2,1H3,(H,21,22). The Bertz CT molecular complexity index is 767. The fourth-order valence-electron chi connectivity index (χ4n) is 2.62. The number of benzene rings is 1. The Labute approximate surface area is 137 Å². The molecule has 2 heterocycles. The van der Waals surface area contributed by atoms with Crippen molar-refractivity contribution in [3.8, 4) is 5.75 Å². The molecule has 1 aromatic carbocycles. The molecule has 128 valence electrons. The highest BCUT2D eigenvalue weighted by Gasteiger charge is 2.18. The van der Waals surface area contributed by atoms with Gasteiger partial charge in [-0.25, -0.2) is 4.79 Å². The van der Waals surface area contributed by atoms with Gasteiger partial charge in [0.2, 0.25) is 5.91 Å². The molecule has 1 fully saturated rings. The van der Waals surface area contributed by atoms with E-state index >= 15 is 0 Å². The molecule has 3 rings (SSSR count). The minimum Gasteiger partial charge on any atom is -0.494 e. The molecule has 0 unspecified atom stereocenters. The van der Waals surface area contributed by atoms with Gasteiger partial charge in [-0.2, -0.15) is 5.10 Å². The number of hydrogen-bond acceptors (Lipinski definition) is 5. The van der Waals surface area contributed by atoms with Crippen LogP contribution in [0.4, 0.5) is 10.5 Å². The van der Waals surface area contributed by atoms with E-state index in [9.17, 15) is 9.59 Å². The second kappa shape index (κ2) is 6.75. The number of morpholine rings is 1. The number of hydrogen-bond donors (Lipinski definition) is 2. The highest BCUT2D eigenvalue weighted by atomic mass is 16.5. The first kappa shape index (κ1) is 16.1. The van der Waals surface area contributed by atoms with E-state index in [1.807, 2.05) is 0 Å². The van der Waals surface area contributed by atoms with Gasteiger partial charge in [-0.1, -0.05) is 0 Å². The highest BCUT2D eigenvalue weighted by Crippen LogP contribution is 2.29. The van der Waals surface area contributed by atoms with Crippen LogP contribution >= 0.6 is 0 Å². The number of carboxylic acid groups (broad SMARTS) is 1. The van der Waals surface area contributed by atoms with Crippen LogP contribution < -0.4 is 10.1 Å². The predicted octanol–water partition coefficient (Wildman–Crippen LogP) is 0.994. The van der Waals surface area contributed by atoms with Crippen LogP contribution in [0, 0.1) is 0 Å². The summed E-state index contributed by atoms with van der Waals surface area (Å²) in [4.78, 5) is 24.9. The third-order valence-corrected chi connectivity index (χ3v) is 3.78. The van der Waals surface area contributed by atoms with Crippen molar-refractivity contribution >= 4 is 28.6 Å². The number of aromatic nitrogens is 2. The molecule has 9 nitrogen and oxygen atoms in total. The summed E-state index contributed by atoms with van der Waals surface area (Å²) < 4.78 is 12.0. The van der Waals surface area contributed by atoms with E-state index in [0.717, 1.165) is 0 Å². The lowest BCUT2D eigenvalue weighted by Gasteiger charge is -2.26. The van der Waals surface area contributed by atoms with Crippen molar-refractivity contribution in [3.63, 3.8) is 0 Å². The first-order valence-electron chi connectivity index (χ1n) is 7.47. The largest absolute Gasteiger partial charge is 0.494 e. The van der Waals surface area contributed by atoms with Crippen LogP contribution in [0.2, 0.25) is 0 Å². The Kier molecular flexibility index (Phi) is 4.52. The number of nitrogens with zero attached hydrogens (tertiary/aromatic N) is 3. The van der Waals surface area contributed by atoms with Crippen LogP contribution in [0.3, 0.4) is 0 Å². The number of carbonyl (C=O) groups excluding carboxylic acids is 1. The van der Waals surface area contributed by atoms with E-state index < -0.39 is 6.09 Å². The first-order chi connectivity index (χ1) is 11.6. The topological polar surface area (TPSA) is 106 Å². The fourth-order valence-corrected chi connectivity index (χ4v) is 2.62. The summed E-state index contributed by atoms with van der Waals surface area (Å²) in [5.74, 6) is 0.344. The molecule has 24 heavy (non-hydrogen) atoms. The second-order valence-corrected chi connectivity index (χ2v) is 5.36. The average molecular weight is 334 g/mol. The molecule has 0 aliphatic carbocycles. The minimum absolute atomic E-state index is 0.0260. The molecule has 1 aliphatic heterocycles. The lowest BCUT2D eigenvalue weighted by molar-refractivity contribution is -0.136. The molecule has 1 aliphatic rings. The molecule has 2 N–H and O–H groups in total. The monoisotopic (exact) mass is 334 g/mol. The molecule has 1 aromatic heterocycles. The summed E-state index contributed by atoms with van der Waals surface area (Å²) in [6.07, 6.45) is 0.530. The number of ether oxygens (including phenoxy) is 2. The molecular weight excluding hydrogens is 316 g/mol. The van der Waals surface area contributed by atoms with Gasteiger partial charge in [0, 0.05) is 30.7 Å². The van der Waals surface area contributed by atoms with Crippen molar-refractivity contribution in [2.45, 2.75) is 6.54 Å². The third kappa shape index (κ3) is 3.40. The predicted molar refractivity (Wildman–Crippen MR) is 85.3 cm³/mol. The molecule has 0 spiro atoms. The summed E-state index contributed by atoms with van der Waals surface area (Å²) in [5.41, 5.74) is 0.953. The molecule has 2 aromatic rings. The highest BCUT2D eigenvalue weighted by molar-refractivity contribution is 5.92. The number of rotatable bonds is 4. The molecule has 9 heteroatoms. The number of carbonyl (C=O) groups is 2. The van der Waals surface area contributed by atoms with Crippen molar-refractivity contribution < 1.29 is 24.2 Å². The lowest BCUT2D eigenvalue weighted by Crippen LogP contribution is -2.42. The summed E-state index contributed by atoms with van der Waals surface area (Å²) >= 11 is 0. The molecular formula is C15H18N4O5. The van der Waals surface area contributed by atoms with Crippen LogP contribution in [0.1, 0.15) is 0 Å². The van der Waals surface area contributed by atoms with E-state index in [1.54, 1.807) is 27.9 Å². The Balaban J connectivity index is 1.82. The van der Waals surface area contributed by atoms with Crippen LogP contribution in [0.25, 0.3) is 10.9 Å². The van der Waals surface area contributed by atoms with Gasteiger partial charge in [-0.05, 0) is 6.07 Å². The molecule has 0 atom stereocenters. The Hall–Kier alpha value is -2.81. The summed E-state index contributed by atoms with van der Waals surface area (Å²) in [6.45, 7) is 2.39. The average Bonchev–Trinajstić information content (AvgIpc) is 2.95. The SMILES string of the molecule is COc1cc2nn(CC(=O)N3CCOCC3)cc2cc1NC(=O)O. The number of anilines is 1. The molecule has 0 bridgehead atoms. The Morgan fingerprint density at radius 1 is 1.38 bits per heavy atom. The van der Waals surface area contributed by atoms with Gasteiger partial charge in [0.05, 0.1) is 31.5 Å². The number of fused-ring (bicyclic) bond motifs is 1. The maximum Gasteiger partial charge on any atom is 0.409 e. The van der Waals surface area contributed by atoms with E-state index in [1.165, 1.54) is 7.11 Å². The minimum atomic E-state index is -1.18. The second-order valence-electron chi connectivity index (χ2n) is 5.36. The van der Waals surface area contributed by atoms with Crippen LogP contribution in [-0.4, -0.2) is 65.2 Å². The van der Waals surface area contributed by atoms with E-state index in [2.05, 4.69) is 10.4 Å². The van der Waals surface area contributed by atoms with Crippen molar-refractivity contribution in [1.82, 2.24) is 14.7 Å². The maximum absolute atomic E-state index is 12.3. The Morgan fingerprint density at radius 3 is 2.79 bits per heavy atom. The zero-order valence-corrected chi connectivity index (χ0v) is 13.2. The van der Waals surface area contributed by atoms with Crippen molar-refractivity contribution in [3.05, 3.63) is 18.3 Å². The zero-order chi connectivity index (χ0) is 17.1. The van der Waals surface area contributed by atoms with Gasteiger partial charge >= 0.3 is 6.09 Å². The molecule has 0 saturated carbocycles. The van der Waals surface area contributed by atoms with Gasteiger partial charge in [-0.3, -0.25) is 14.8 Å². The van der Waals surface area contributed by atoms with E-state index in [4.69, 9.17) is 14.6 Å². The normalized spacial score (nSPS) is 14.6. The van der Waals surface area contributed by atoms with Crippen molar-refractivity contribution in [2.24, 2.45) is 0 Å². The summed E-state index contributed by atoms with van der Waals surface area (Å²) in [7, 11) is 1.45. The molecule has 0 radical (unpaired) electrons.